The summed E-state index contributed by atoms with van der Waals surface area (Å²) in [5, 5.41) is 3.30. The highest BCUT2D eigenvalue weighted by atomic mass is 15.1. The number of hydrogen-bond donors (Lipinski definition) is 1. The van der Waals surface area contributed by atoms with Gasteiger partial charge in [-0.15, -0.1) is 0 Å². The maximum Gasteiger partial charge on any atom is 0.00382 e. The Morgan fingerprint density at radius 3 is 3.08 bits per heavy atom. The van der Waals surface area contributed by atoms with Crippen LogP contribution in [-0.4, -0.2) is 38.6 Å². The van der Waals surface area contributed by atoms with Crippen molar-refractivity contribution < 1.29 is 0 Å². The van der Waals surface area contributed by atoms with Crippen LogP contribution in [0.15, 0.2) is 0 Å². The lowest BCUT2D eigenvalue weighted by molar-refractivity contribution is 0.180. The van der Waals surface area contributed by atoms with E-state index in [1.54, 1.807) is 0 Å². The molecule has 0 radical (unpaired) electrons. The van der Waals surface area contributed by atoms with Crippen molar-refractivity contribution in [1.29, 1.82) is 0 Å². The summed E-state index contributed by atoms with van der Waals surface area (Å²) in [5.74, 6) is 0.977. The molecule has 12 heavy (non-hydrogen) atoms. The second-order valence-corrected chi connectivity index (χ2v) is 4.66. The van der Waals surface area contributed by atoms with Gasteiger partial charge in [-0.3, -0.25) is 0 Å². The molecule has 2 rings (SSSR count). The third-order valence-electron chi connectivity index (χ3n) is 3.61. The number of likely N-dealkylation sites (tertiary alicyclic amines) is 1. The standard InChI is InChI=1S/C10H20N2/c1-11-7-9-6-10(9)4-3-5-12(2)8-10/h9,11H,3-8H2,1-2H3. The summed E-state index contributed by atoms with van der Waals surface area (Å²) in [7, 11) is 4.33. The Morgan fingerprint density at radius 2 is 2.42 bits per heavy atom. The van der Waals surface area contributed by atoms with Crippen LogP contribution < -0.4 is 5.32 Å². The Labute approximate surface area is 75.3 Å². The van der Waals surface area contributed by atoms with Gasteiger partial charge in [0.15, 0.2) is 0 Å². The molecule has 2 heteroatoms. The van der Waals surface area contributed by atoms with Gasteiger partial charge < -0.3 is 10.2 Å². The summed E-state index contributed by atoms with van der Waals surface area (Å²) in [6.07, 6.45) is 4.36. The summed E-state index contributed by atoms with van der Waals surface area (Å²) in [6.45, 7) is 3.89. The van der Waals surface area contributed by atoms with Gasteiger partial charge >= 0.3 is 0 Å². The number of hydrogen-bond acceptors (Lipinski definition) is 2. The number of rotatable bonds is 2. The molecule has 1 aliphatic carbocycles. The summed E-state index contributed by atoms with van der Waals surface area (Å²) in [5.41, 5.74) is 0.732. The van der Waals surface area contributed by atoms with Crippen molar-refractivity contribution in [3.05, 3.63) is 0 Å². The molecule has 0 aromatic rings. The molecule has 1 aliphatic heterocycles. The molecule has 70 valence electrons. The second-order valence-electron chi connectivity index (χ2n) is 4.66. The molecule has 2 unspecified atom stereocenters. The van der Waals surface area contributed by atoms with Gasteiger partial charge in [-0.05, 0) is 57.8 Å². The average Bonchev–Trinajstić information content (AvgIpc) is 2.63. The molecule has 0 aromatic heterocycles. The largest absolute Gasteiger partial charge is 0.319 e. The molecular weight excluding hydrogens is 148 g/mol. The Kier molecular flexibility index (Phi) is 2.13. The van der Waals surface area contributed by atoms with E-state index in [1.165, 1.54) is 38.9 Å². The van der Waals surface area contributed by atoms with E-state index in [2.05, 4.69) is 24.3 Å². The van der Waals surface area contributed by atoms with Gasteiger partial charge in [0.1, 0.15) is 0 Å². The van der Waals surface area contributed by atoms with E-state index in [0.29, 0.717) is 0 Å². The minimum atomic E-state index is 0.732. The lowest BCUT2D eigenvalue weighted by Crippen LogP contribution is -2.35. The number of piperidine rings is 1. The van der Waals surface area contributed by atoms with Crippen LogP contribution in [0.25, 0.3) is 0 Å². The first-order valence-corrected chi connectivity index (χ1v) is 5.10. The first-order valence-electron chi connectivity index (χ1n) is 5.10. The van der Waals surface area contributed by atoms with E-state index >= 15 is 0 Å². The highest BCUT2D eigenvalue weighted by Crippen LogP contribution is 2.57. The first kappa shape index (κ1) is 8.52. The van der Waals surface area contributed by atoms with Crippen molar-refractivity contribution in [2.75, 3.05) is 33.7 Å². The predicted octanol–water partition coefficient (Wildman–Crippen LogP) is 0.938. The average molecular weight is 168 g/mol. The van der Waals surface area contributed by atoms with Crippen LogP contribution in [0.2, 0.25) is 0 Å². The fourth-order valence-electron chi connectivity index (χ4n) is 2.86. The molecule has 0 bridgehead atoms. The first-order chi connectivity index (χ1) is 5.77. The normalized spacial score (nSPS) is 42.0. The summed E-state index contributed by atoms with van der Waals surface area (Å²) in [6, 6.07) is 0. The molecule has 2 atom stereocenters. The highest BCUT2D eigenvalue weighted by molar-refractivity contribution is 5.05. The Bertz CT molecular complexity index is 169. The van der Waals surface area contributed by atoms with Crippen LogP contribution in [0.4, 0.5) is 0 Å². The topological polar surface area (TPSA) is 15.3 Å². The number of nitrogens with one attached hydrogen (secondary N) is 1. The fourth-order valence-corrected chi connectivity index (χ4v) is 2.86. The Morgan fingerprint density at radius 1 is 1.58 bits per heavy atom. The van der Waals surface area contributed by atoms with Gasteiger partial charge in [0.05, 0.1) is 0 Å². The van der Waals surface area contributed by atoms with Crippen LogP contribution in [0, 0.1) is 11.3 Å². The quantitative estimate of drug-likeness (QED) is 0.660. The molecule has 1 saturated carbocycles. The van der Waals surface area contributed by atoms with Crippen molar-refractivity contribution in [1.82, 2.24) is 10.2 Å². The lowest BCUT2D eigenvalue weighted by Gasteiger charge is -2.30. The SMILES string of the molecule is CNCC1CC12CCCN(C)C2. The maximum atomic E-state index is 3.30. The zero-order valence-corrected chi connectivity index (χ0v) is 8.27. The predicted molar refractivity (Wildman–Crippen MR) is 51.2 cm³/mol. The van der Waals surface area contributed by atoms with E-state index in [4.69, 9.17) is 0 Å². The molecule has 1 N–H and O–H groups in total. The molecule has 2 aliphatic rings. The third-order valence-corrected chi connectivity index (χ3v) is 3.61. The highest BCUT2D eigenvalue weighted by Gasteiger charge is 2.54. The minimum absolute atomic E-state index is 0.732. The van der Waals surface area contributed by atoms with Gasteiger partial charge in [-0.2, -0.15) is 0 Å². The van der Waals surface area contributed by atoms with Gasteiger partial charge in [0, 0.05) is 6.54 Å². The van der Waals surface area contributed by atoms with Gasteiger partial charge in [0.25, 0.3) is 0 Å². The molecule has 2 fully saturated rings. The molecule has 1 spiro atoms. The molecule has 0 amide bonds. The van der Waals surface area contributed by atoms with Crippen molar-refractivity contribution in [2.24, 2.45) is 11.3 Å². The second kappa shape index (κ2) is 3.00. The zero-order chi connectivity index (χ0) is 8.60. The van der Waals surface area contributed by atoms with Crippen molar-refractivity contribution in [2.45, 2.75) is 19.3 Å². The minimum Gasteiger partial charge on any atom is -0.319 e. The van der Waals surface area contributed by atoms with E-state index in [0.717, 1.165) is 11.3 Å². The molecule has 0 aromatic carbocycles. The summed E-state index contributed by atoms with van der Waals surface area (Å²) < 4.78 is 0. The number of nitrogens with zero attached hydrogens (tertiary/aromatic N) is 1. The van der Waals surface area contributed by atoms with Crippen molar-refractivity contribution in [3.8, 4) is 0 Å². The van der Waals surface area contributed by atoms with Gasteiger partial charge in [-0.25, -0.2) is 0 Å². The van der Waals surface area contributed by atoms with Crippen LogP contribution in [0.1, 0.15) is 19.3 Å². The van der Waals surface area contributed by atoms with E-state index in [-0.39, 0.29) is 0 Å². The smallest absolute Gasteiger partial charge is 0.00382 e. The summed E-state index contributed by atoms with van der Waals surface area (Å²) >= 11 is 0. The molecule has 2 nitrogen and oxygen atoms in total. The van der Waals surface area contributed by atoms with E-state index in [1.807, 2.05) is 0 Å². The van der Waals surface area contributed by atoms with Crippen LogP contribution in [-0.2, 0) is 0 Å². The van der Waals surface area contributed by atoms with Gasteiger partial charge in [0.2, 0.25) is 0 Å². The lowest BCUT2D eigenvalue weighted by atomic mass is 9.92. The molecule has 1 heterocycles. The van der Waals surface area contributed by atoms with E-state index in [9.17, 15) is 0 Å². The maximum absolute atomic E-state index is 3.30. The molecular formula is C10H20N2. The van der Waals surface area contributed by atoms with Gasteiger partial charge in [-0.1, -0.05) is 0 Å². The summed E-state index contributed by atoms with van der Waals surface area (Å²) in [4.78, 5) is 2.50. The van der Waals surface area contributed by atoms with E-state index < -0.39 is 0 Å². The Hall–Kier alpha value is -0.0800. The van der Waals surface area contributed by atoms with Crippen LogP contribution in [0.3, 0.4) is 0 Å². The van der Waals surface area contributed by atoms with Crippen molar-refractivity contribution >= 4 is 0 Å². The van der Waals surface area contributed by atoms with Crippen molar-refractivity contribution in [3.63, 3.8) is 0 Å². The molecule has 1 saturated heterocycles. The third kappa shape index (κ3) is 1.38. The van der Waals surface area contributed by atoms with Crippen LogP contribution >= 0.6 is 0 Å². The fraction of sp³-hybridized carbons (Fsp3) is 1.00. The monoisotopic (exact) mass is 168 g/mol. The zero-order valence-electron chi connectivity index (χ0n) is 8.27. The van der Waals surface area contributed by atoms with Crippen LogP contribution in [0.5, 0.6) is 0 Å². The Balaban J connectivity index is 1.88.